The summed E-state index contributed by atoms with van der Waals surface area (Å²) >= 11 is 5.62. The van der Waals surface area contributed by atoms with Gasteiger partial charge in [-0.05, 0) is 11.6 Å². The van der Waals surface area contributed by atoms with Crippen LogP contribution in [0.25, 0.3) is 0 Å². The van der Waals surface area contributed by atoms with Crippen molar-refractivity contribution in [1.29, 1.82) is 0 Å². The molecule has 1 aliphatic heterocycles. The number of aliphatic imine (C=N–C) groups is 1. The number of nitrogens with zero attached hydrogens (tertiary/aromatic N) is 2. The molecule has 1 aliphatic rings. The molecule has 0 bridgehead atoms. The highest BCUT2D eigenvalue weighted by molar-refractivity contribution is 6.64. The second kappa shape index (κ2) is 3.03. The van der Waals surface area contributed by atoms with Gasteiger partial charge >= 0.3 is 0 Å². The normalized spacial score (nSPS) is 18.4. The monoisotopic (exact) mass is 148 g/mol. The molecule has 0 atom stereocenters. The number of hydrogen-bond donors (Lipinski definition) is 1. The fourth-order valence-electron chi connectivity index (χ4n) is 0.780. The molecular weight excluding hydrogens is 140 g/mol. The van der Waals surface area contributed by atoms with Crippen molar-refractivity contribution in [2.24, 2.45) is 4.99 Å². The van der Waals surface area contributed by atoms with Crippen molar-refractivity contribution in [2.45, 2.75) is 0 Å². The molecule has 0 aromatic heterocycles. The van der Waals surface area contributed by atoms with E-state index in [1.165, 1.54) is 0 Å². The standard InChI is InChI=1S/C5H9ClN2O/c6-5-7-1-2-8(5)3-4-9/h9H,1-4H2. The molecule has 1 N–H and O–H groups in total. The predicted octanol–water partition coefficient (Wildman–Crippen LogP) is -0.111. The molecule has 0 amide bonds. The van der Waals surface area contributed by atoms with Crippen molar-refractivity contribution in [2.75, 3.05) is 26.2 Å². The van der Waals surface area contributed by atoms with Gasteiger partial charge in [0.05, 0.1) is 13.2 Å². The van der Waals surface area contributed by atoms with Crippen molar-refractivity contribution in [3.05, 3.63) is 0 Å². The van der Waals surface area contributed by atoms with Gasteiger partial charge in [0, 0.05) is 13.1 Å². The van der Waals surface area contributed by atoms with Crippen LogP contribution >= 0.6 is 11.6 Å². The molecule has 0 spiro atoms. The highest BCUT2D eigenvalue weighted by atomic mass is 35.5. The number of amidine groups is 1. The lowest BCUT2D eigenvalue weighted by atomic mass is 10.5. The summed E-state index contributed by atoms with van der Waals surface area (Å²) in [5.74, 6) is 0. The predicted molar refractivity (Wildman–Crippen MR) is 36.8 cm³/mol. The Kier molecular flexibility index (Phi) is 2.30. The Morgan fingerprint density at radius 2 is 2.56 bits per heavy atom. The van der Waals surface area contributed by atoms with Crippen LogP contribution in [0.3, 0.4) is 0 Å². The van der Waals surface area contributed by atoms with E-state index in [0.717, 1.165) is 13.1 Å². The molecule has 3 nitrogen and oxygen atoms in total. The Hall–Kier alpha value is -0.280. The first-order valence-corrected chi connectivity index (χ1v) is 3.28. The highest BCUT2D eigenvalue weighted by Gasteiger charge is 2.12. The Balaban J connectivity index is 2.34. The van der Waals surface area contributed by atoms with Crippen LogP contribution in [0, 0.1) is 0 Å². The molecule has 0 aromatic rings. The maximum atomic E-state index is 8.49. The number of rotatable bonds is 2. The molecule has 9 heavy (non-hydrogen) atoms. The van der Waals surface area contributed by atoms with Crippen LogP contribution in [0.1, 0.15) is 0 Å². The van der Waals surface area contributed by atoms with Crippen LogP contribution in [-0.4, -0.2) is 41.5 Å². The van der Waals surface area contributed by atoms with Crippen molar-refractivity contribution in [3.63, 3.8) is 0 Å². The molecule has 0 saturated heterocycles. The van der Waals surface area contributed by atoms with Crippen LogP contribution in [0.2, 0.25) is 0 Å². The first-order valence-electron chi connectivity index (χ1n) is 2.90. The van der Waals surface area contributed by atoms with Gasteiger partial charge in [0.2, 0.25) is 0 Å². The van der Waals surface area contributed by atoms with Gasteiger partial charge in [-0.1, -0.05) is 0 Å². The maximum Gasteiger partial charge on any atom is 0.194 e. The van der Waals surface area contributed by atoms with Crippen LogP contribution in [0.4, 0.5) is 0 Å². The summed E-state index contributed by atoms with van der Waals surface area (Å²) in [5.41, 5.74) is 0. The minimum Gasteiger partial charge on any atom is -0.395 e. The van der Waals surface area contributed by atoms with Crippen LogP contribution < -0.4 is 0 Å². The fourth-order valence-corrected chi connectivity index (χ4v) is 1.03. The Labute approximate surface area is 58.9 Å². The van der Waals surface area contributed by atoms with E-state index in [1.807, 2.05) is 4.90 Å². The average molecular weight is 149 g/mol. The summed E-state index contributed by atoms with van der Waals surface area (Å²) in [6.45, 7) is 2.35. The van der Waals surface area contributed by atoms with E-state index in [0.29, 0.717) is 11.8 Å². The van der Waals surface area contributed by atoms with E-state index in [1.54, 1.807) is 0 Å². The molecule has 1 heterocycles. The third-order valence-corrected chi connectivity index (χ3v) is 1.60. The van der Waals surface area contributed by atoms with E-state index < -0.39 is 0 Å². The van der Waals surface area contributed by atoms with E-state index in [-0.39, 0.29) is 6.61 Å². The molecular formula is C5H9ClN2O. The molecule has 0 unspecified atom stereocenters. The molecule has 0 saturated carbocycles. The zero-order valence-corrected chi connectivity index (χ0v) is 5.80. The highest BCUT2D eigenvalue weighted by Crippen LogP contribution is 2.03. The second-order valence-corrected chi connectivity index (χ2v) is 2.20. The summed E-state index contributed by atoms with van der Waals surface area (Å²) in [4.78, 5) is 5.78. The van der Waals surface area contributed by atoms with Gasteiger partial charge < -0.3 is 10.0 Å². The van der Waals surface area contributed by atoms with Gasteiger partial charge in [0.15, 0.2) is 5.29 Å². The van der Waals surface area contributed by atoms with Gasteiger partial charge in [-0.15, -0.1) is 0 Å². The van der Waals surface area contributed by atoms with Crippen LogP contribution in [0.5, 0.6) is 0 Å². The fraction of sp³-hybridized carbons (Fsp3) is 0.800. The largest absolute Gasteiger partial charge is 0.395 e. The summed E-state index contributed by atoms with van der Waals surface area (Å²) in [5, 5.41) is 9.02. The van der Waals surface area contributed by atoms with Crippen LogP contribution in [0.15, 0.2) is 4.99 Å². The zero-order chi connectivity index (χ0) is 6.69. The molecule has 0 aromatic carbocycles. The van der Waals surface area contributed by atoms with E-state index in [9.17, 15) is 0 Å². The number of β-amino-alcohol motifs (C(OH)–C–C–N with tert-alkyl or cyclic N) is 1. The third-order valence-electron chi connectivity index (χ3n) is 1.24. The summed E-state index contributed by atoms with van der Waals surface area (Å²) in [6, 6.07) is 0. The van der Waals surface area contributed by atoms with Crippen molar-refractivity contribution >= 4 is 16.9 Å². The quantitative estimate of drug-likeness (QED) is 0.555. The van der Waals surface area contributed by atoms with Gasteiger partial charge in [0.25, 0.3) is 0 Å². The first-order chi connectivity index (χ1) is 4.34. The molecule has 0 fully saturated rings. The van der Waals surface area contributed by atoms with Crippen molar-refractivity contribution in [1.82, 2.24) is 4.90 Å². The molecule has 0 radical (unpaired) electrons. The third kappa shape index (κ3) is 1.56. The number of aliphatic hydroxyl groups is 1. The van der Waals surface area contributed by atoms with Gasteiger partial charge in [-0.25, -0.2) is 0 Å². The maximum absolute atomic E-state index is 8.49. The van der Waals surface area contributed by atoms with E-state index in [4.69, 9.17) is 16.7 Å². The number of halogens is 1. The zero-order valence-electron chi connectivity index (χ0n) is 5.05. The molecule has 1 rings (SSSR count). The smallest absolute Gasteiger partial charge is 0.194 e. The second-order valence-electron chi connectivity index (χ2n) is 1.86. The summed E-state index contributed by atoms with van der Waals surface area (Å²) < 4.78 is 0. The average Bonchev–Trinajstić information content (AvgIpc) is 2.18. The van der Waals surface area contributed by atoms with E-state index in [2.05, 4.69) is 4.99 Å². The lowest BCUT2D eigenvalue weighted by Gasteiger charge is -2.13. The molecule has 52 valence electrons. The number of hydrogen-bond acceptors (Lipinski definition) is 3. The Morgan fingerprint density at radius 3 is 3.00 bits per heavy atom. The van der Waals surface area contributed by atoms with Gasteiger partial charge in [-0.3, -0.25) is 4.99 Å². The summed E-state index contributed by atoms with van der Waals surface area (Å²) in [7, 11) is 0. The topological polar surface area (TPSA) is 35.8 Å². The SMILES string of the molecule is OCCN1CCN=C1Cl. The Bertz CT molecular complexity index is 126. The van der Waals surface area contributed by atoms with Crippen molar-refractivity contribution in [3.8, 4) is 0 Å². The van der Waals surface area contributed by atoms with Crippen molar-refractivity contribution < 1.29 is 5.11 Å². The minimum absolute atomic E-state index is 0.145. The molecule has 4 heteroatoms. The van der Waals surface area contributed by atoms with Gasteiger partial charge in [0.1, 0.15) is 0 Å². The number of aliphatic hydroxyl groups excluding tert-OH is 1. The van der Waals surface area contributed by atoms with Crippen LogP contribution in [-0.2, 0) is 0 Å². The molecule has 0 aliphatic carbocycles. The summed E-state index contributed by atoms with van der Waals surface area (Å²) in [6.07, 6.45) is 0. The lowest BCUT2D eigenvalue weighted by Crippen LogP contribution is -2.27. The van der Waals surface area contributed by atoms with Gasteiger partial charge in [-0.2, -0.15) is 0 Å². The first kappa shape index (κ1) is 6.83. The Morgan fingerprint density at radius 1 is 1.78 bits per heavy atom. The van der Waals surface area contributed by atoms with E-state index >= 15 is 0 Å². The minimum atomic E-state index is 0.145. The lowest BCUT2D eigenvalue weighted by molar-refractivity contribution is 0.257.